The van der Waals surface area contributed by atoms with Crippen LogP contribution in [0, 0.1) is 5.82 Å². The highest BCUT2D eigenvalue weighted by Crippen LogP contribution is 2.36. The fourth-order valence-corrected chi connectivity index (χ4v) is 2.52. The molecule has 0 amide bonds. The van der Waals surface area contributed by atoms with E-state index in [2.05, 4.69) is 5.32 Å². The Kier molecular flexibility index (Phi) is 2.89. The highest BCUT2D eigenvalue weighted by atomic mass is 19.1. The van der Waals surface area contributed by atoms with Gasteiger partial charge in [0.2, 0.25) is 12.5 Å². The molecule has 1 atom stereocenters. The third-order valence-corrected chi connectivity index (χ3v) is 3.38. The van der Waals surface area contributed by atoms with Gasteiger partial charge in [-0.3, -0.25) is 0 Å². The van der Waals surface area contributed by atoms with E-state index in [4.69, 9.17) is 9.47 Å². The molecule has 4 heteroatoms. The molecule has 0 spiro atoms. The molecule has 0 saturated carbocycles. The lowest BCUT2D eigenvalue weighted by Crippen LogP contribution is -2.35. The maximum atomic E-state index is 13.7. The van der Waals surface area contributed by atoms with Gasteiger partial charge in [-0.15, -0.1) is 0 Å². The number of rotatable bonds is 2. The molecule has 0 aromatic heterocycles. The average Bonchev–Trinajstić information content (AvgIpc) is 2.79. The topological polar surface area (TPSA) is 30.5 Å². The van der Waals surface area contributed by atoms with Crippen LogP contribution in [0.5, 0.6) is 11.5 Å². The molecule has 2 heterocycles. The molecule has 3 nitrogen and oxygen atoms in total. The molecule has 1 aromatic rings. The van der Waals surface area contributed by atoms with Crippen molar-refractivity contribution < 1.29 is 13.9 Å². The van der Waals surface area contributed by atoms with E-state index in [-0.39, 0.29) is 18.4 Å². The van der Waals surface area contributed by atoms with Crippen molar-refractivity contribution in [3.63, 3.8) is 0 Å². The summed E-state index contributed by atoms with van der Waals surface area (Å²) in [5, 5.41) is 3.46. The number of benzene rings is 1. The first-order valence-corrected chi connectivity index (χ1v) is 6.14. The molecular formula is C13H16FNO2. The number of hydrogen-bond donors (Lipinski definition) is 1. The van der Waals surface area contributed by atoms with E-state index >= 15 is 0 Å². The Balaban J connectivity index is 1.76. The molecule has 2 aliphatic rings. The smallest absolute Gasteiger partial charge is 0.231 e. The highest BCUT2D eigenvalue weighted by molar-refractivity contribution is 5.46. The number of fused-ring (bicyclic) bond motifs is 1. The van der Waals surface area contributed by atoms with E-state index in [9.17, 15) is 4.39 Å². The summed E-state index contributed by atoms with van der Waals surface area (Å²) in [6.45, 7) is 1.19. The fraction of sp³-hybridized carbons (Fsp3) is 0.538. The second-order valence-corrected chi connectivity index (χ2v) is 4.66. The molecule has 0 bridgehead atoms. The van der Waals surface area contributed by atoms with Crippen molar-refractivity contribution in [3.05, 3.63) is 23.5 Å². The average molecular weight is 237 g/mol. The molecule has 1 saturated heterocycles. The number of hydrogen-bond acceptors (Lipinski definition) is 3. The van der Waals surface area contributed by atoms with Gasteiger partial charge in [-0.2, -0.15) is 0 Å². The molecule has 1 fully saturated rings. The number of nitrogens with one attached hydrogen (secondary N) is 1. The molecule has 0 radical (unpaired) electrons. The summed E-state index contributed by atoms with van der Waals surface area (Å²) in [7, 11) is 0. The van der Waals surface area contributed by atoms with E-state index in [0.717, 1.165) is 24.9 Å². The van der Waals surface area contributed by atoms with Crippen LogP contribution >= 0.6 is 0 Å². The largest absolute Gasteiger partial charge is 0.453 e. The molecule has 0 aliphatic carbocycles. The molecular weight excluding hydrogens is 221 g/mol. The van der Waals surface area contributed by atoms with Gasteiger partial charge in [-0.05, 0) is 43.5 Å². The molecule has 1 aromatic carbocycles. The first kappa shape index (κ1) is 10.8. The molecule has 1 unspecified atom stereocenters. The second-order valence-electron chi connectivity index (χ2n) is 4.66. The Morgan fingerprint density at radius 2 is 2.24 bits per heavy atom. The van der Waals surface area contributed by atoms with Gasteiger partial charge in [0.05, 0.1) is 0 Å². The van der Waals surface area contributed by atoms with Crippen LogP contribution < -0.4 is 14.8 Å². The Labute approximate surface area is 99.9 Å². The predicted octanol–water partition coefficient (Wildman–Crippen LogP) is 2.24. The summed E-state index contributed by atoms with van der Waals surface area (Å²) in [6, 6.07) is 3.91. The Hall–Kier alpha value is -1.29. The van der Waals surface area contributed by atoms with E-state index in [1.54, 1.807) is 6.07 Å². The molecule has 17 heavy (non-hydrogen) atoms. The van der Waals surface area contributed by atoms with Crippen LogP contribution in [-0.4, -0.2) is 19.4 Å². The van der Waals surface area contributed by atoms with E-state index in [1.807, 2.05) is 6.07 Å². The van der Waals surface area contributed by atoms with Crippen molar-refractivity contribution in [3.8, 4) is 11.5 Å². The Morgan fingerprint density at radius 3 is 3.06 bits per heavy atom. The zero-order valence-corrected chi connectivity index (χ0v) is 9.67. The predicted molar refractivity (Wildman–Crippen MR) is 61.9 cm³/mol. The second kappa shape index (κ2) is 4.53. The van der Waals surface area contributed by atoms with Gasteiger partial charge in [-0.25, -0.2) is 4.39 Å². The van der Waals surface area contributed by atoms with Crippen molar-refractivity contribution in [1.82, 2.24) is 5.32 Å². The monoisotopic (exact) mass is 237 g/mol. The van der Waals surface area contributed by atoms with Gasteiger partial charge >= 0.3 is 0 Å². The summed E-state index contributed by atoms with van der Waals surface area (Å²) in [4.78, 5) is 0. The quantitative estimate of drug-likeness (QED) is 0.855. The Bertz CT molecular complexity index is 416. The zero-order chi connectivity index (χ0) is 11.7. The third-order valence-electron chi connectivity index (χ3n) is 3.38. The first-order chi connectivity index (χ1) is 8.33. The summed E-state index contributed by atoms with van der Waals surface area (Å²) in [5.74, 6) is 0.479. The normalized spacial score (nSPS) is 22.8. The van der Waals surface area contributed by atoms with Crippen LogP contribution in [0.1, 0.15) is 24.8 Å². The summed E-state index contributed by atoms with van der Waals surface area (Å²) in [5.41, 5.74) is 0.978. The van der Waals surface area contributed by atoms with Crippen molar-refractivity contribution in [1.29, 1.82) is 0 Å². The summed E-state index contributed by atoms with van der Waals surface area (Å²) >= 11 is 0. The molecule has 3 rings (SSSR count). The van der Waals surface area contributed by atoms with Gasteiger partial charge < -0.3 is 14.8 Å². The zero-order valence-electron chi connectivity index (χ0n) is 9.67. The van der Waals surface area contributed by atoms with Crippen molar-refractivity contribution in [2.45, 2.75) is 31.7 Å². The standard InChI is InChI=1S/C13H16FNO2/c14-11-6-9(5-10-3-1-2-4-15-10)7-12-13(11)17-8-16-12/h6-7,10,15H,1-5,8H2. The lowest BCUT2D eigenvalue weighted by molar-refractivity contribution is 0.171. The van der Waals surface area contributed by atoms with Crippen molar-refractivity contribution >= 4 is 0 Å². The SMILES string of the molecule is Fc1cc(CC2CCCCN2)cc2c1OCO2. The van der Waals surface area contributed by atoms with Gasteiger partial charge in [-0.1, -0.05) is 6.42 Å². The van der Waals surface area contributed by atoms with Crippen LogP contribution in [0.25, 0.3) is 0 Å². The lowest BCUT2D eigenvalue weighted by Gasteiger charge is -2.23. The van der Waals surface area contributed by atoms with Crippen LogP contribution in [0.2, 0.25) is 0 Å². The fourth-order valence-electron chi connectivity index (χ4n) is 2.52. The van der Waals surface area contributed by atoms with Crippen molar-refractivity contribution in [2.24, 2.45) is 0 Å². The van der Waals surface area contributed by atoms with Gasteiger partial charge in [0, 0.05) is 6.04 Å². The minimum absolute atomic E-state index is 0.122. The number of halogens is 1. The molecule has 1 N–H and O–H groups in total. The maximum Gasteiger partial charge on any atom is 0.231 e. The molecule has 2 aliphatic heterocycles. The van der Waals surface area contributed by atoms with Gasteiger partial charge in [0.1, 0.15) is 0 Å². The Morgan fingerprint density at radius 1 is 1.29 bits per heavy atom. The van der Waals surface area contributed by atoms with Crippen LogP contribution in [0.15, 0.2) is 12.1 Å². The first-order valence-electron chi connectivity index (χ1n) is 6.14. The summed E-state index contributed by atoms with van der Waals surface area (Å²) < 4.78 is 24.0. The minimum atomic E-state index is -0.314. The van der Waals surface area contributed by atoms with E-state index in [0.29, 0.717) is 11.8 Å². The highest BCUT2D eigenvalue weighted by Gasteiger charge is 2.21. The van der Waals surface area contributed by atoms with E-state index in [1.165, 1.54) is 12.8 Å². The third kappa shape index (κ3) is 2.22. The number of piperidine rings is 1. The van der Waals surface area contributed by atoms with Gasteiger partial charge in [0.15, 0.2) is 11.6 Å². The van der Waals surface area contributed by atoms with Crippen LogP contribution in [0.3, 0.4) is 0 Å². The van der Waals surface area contributed by atoms with Crippen molar-refractivity contribution in [2.75, 3.05) is 13.3 Å². The van der Waals surface area contributed by atoms with Gasteiger partial charge in [0.25, 0.3) is 0 Å². The maximum absolute atomic E-state index is 13.7. The molecule has 92 valence electrons. The summed E-state index contributed by atoms with van der Waals surface area (Å²) in [6.07, 6.45) is 4.51. The lowest BCUT2D eigenvalue weighted by atomic mass is 9.97. The van der Waals surface area contributed by atoms with Crippen LogP contribution in [-0.2, 0) is 6.42 Å². The minimum Gasteiger partial charge on any atom is -0.453 e. The van der Waals surface area contributed by atoms with Crippen LogP contribution in [0.4, 0.5) is 4.39 Å². The van der Waals surface area contributed by atoms with E-state index < -0.39 is 0 Å². The number of ether oxygens (including phenoxy) is 2.